The van der Waals surface area contributed by atoms with Crippen LogP contribution in [0.4, 0.5) is 0 Å². The van der Waals surface area contributed by atoms with Gasteiger partial charge in [0.2, 0.25) is 0 Å². The Morgan fingerprint density at radius 3 is 2.68 bits per heavy atom. The highest BCUT2D eigenvalue weighted by Gasteiger charge is 2.34. The molecule has 2 atom stereocenters. The normalized spacial score (nSPS) is 24.8. The maximum absolute atomic E-state index is 11.9. The van der Waals surface area contributed by atoms with E-state index < -0.39 is 9.84 Å². The van der Waals surface area contributed by atoms with E-state index in [-0.39, 0.29) is 6.04 Å². The van der Waals surface area contributed by atoms with E-state index in [0.717, 1.165) is 13.0 Å². The molecule has 1 aliphatic rings. The number of sulfone groups is 1. The fourth-order valence-corrected chi connectivity index (χ4v) is 4.11. The van der Waals surface area contributed by atoms with Crippen molar-refractivity contribution in [2.75, 3.05) is 26.4 Å². The average Bonchev–Trinajstić information content (AvgIpc) is 2.69. The van der Waals surface area contributed by atoms with Gasteiger partial charge in [0.1, 0.15) is 0 Å². The molecule has 19 heavy (non-hydrogen) atoms. The highest BCUT2D eigenvalue weighted by molar-refractivity contribution is 7.90. The van der Waals surface area contributed by atoms with Gasteiger partial charge in [0.25, 0.3) is 0 Å². The molecule has 1 heterocycles. The van der Waals surface area contributed by atoms with Crippen LogP contribution in [0, 0.1) is 5.92 Å². The van der Waals surface area contributed by atoms with E-state index in [0.29, 0.717) is 27.9 Å². The topological polar surface area (TPSA) is 63.4 Å². The molecule has 106 valence electrons. The van der Waals surface area contributed by atoms with Crippen LogP contribution in [0.5, 0.6) is 0 Å². The largest absolute Gasteiger partial charge is 0.330 e. The predicted octanol–water partition coefficient (Wildman–Crippen LogP) is 1.70. The molecule has 0 bridgehead atoms. The van der Waals surface area contributed by atoms with Gasteiger partial charge in [0.05, 0.1) is 4.90 Å². The minimum Gasteiger partial charge on any atom is -0.330 e. The molecule has 0 amide bonds. The van der Waals surface area contributed by atoms with E-state index in [1.54, 1.807) is 18.2 Å². The Balaban J connectivity index is 2.51. The van der Waals surface area contributed by atoms with E-state index in [4.69, 9.17) is 17.3 Å². The Kier molecular flexibility index (Phi) is 4.20. The molecule has 0 radical (unpaired) electrons. The van der Waals surface area contributed by atoms with Crippen molar-refractivity contribution in [3.05, 3.63) is 28.8 Å². The standard InChI is InChI=1S/C13H19ClN2O2S/c1-16-8-9(7-15)6-11(16)13-10(14)4-3-5-12(13)19(2,17)18/h3-5,9,11H,6-8,15H2,1-2H3. The predicted molar refractivity (Wildman–Crippen MR) is 77.1 cm³/mol. The van der Waals surface area contributed by atoms with Crippen LogP contribution in [-0.4, -0.2) is 39.7 Å². The molecule has 1 aromatic carbocycles. The van der Waals surface area contributed by atoms with Gasteiger partial charge in [-0.2, -0.15) is 0 Å². The smallest absolute Gasteiger partial charge is 0.175 e. The Morgan fingerprint density at radius 1 is 1.47 bits per heavy atom. The van der Waals surface area contributed by atoms with E-state index in [9.17, 15) is 8.42 Å². The summed E-state index contributed by atoms with van der Waals surface area (Å²) in [4.78, 5) is 2.46. The summed E-state index contributed by atoms with van der Waals surface area (Å²) in [5.41, 5.74) is 6.43. The molecule has 1 saturated heterocycles. The summed E-state index contributed by atoms with van der Waals surface area (Å²) in [6.07, 6.45) is 2.07. The number of halogens is 1. The molecule has 4 nitrogen and oxygen atoms in total. The van der Waals surface area contributed by atoms with E-state index in [1.165, 1.54) is 6.26 Å². The van der Waals surface area contributed by atoms with Crippen molar-refractivity contribution in [1.29, 1.82) is 0 Å². The molecule has 2 rings (SSSR count). The second-order valence-electron chi connectivity index (χ2n) is 5.22. The maximum Gasteiger partial charge on any atom is 0.175 e. The Morgan fingerprint density at radius 2 is 2.16 bits per heavy atom. The summed E-state index contributed by atoms with van der Waals surface area (Å²) in [6.45, 7) is 1.48. The molecule has 6 heteroatoms. The summed E-state index contributed by atoms with van der Waals surface area (Å²) in [5, 5.41) is 0.512. The van der Waals surface area contributed by atoms with Crippen LogP contribution in [0.2, 0.25) is 5.02 Å². The van der Waals surface area contributed by atoms with E-state index in [1.807, 2.05) is 7.05 Å². The van der Waals surface area contributed by atoms with E-state index >= 15 is 0 Å². The molecule has 0 saturated carbocycles. The van der Waals surface area contributed by atoms with Crippen LogP contribution in [0.3, 0.4) is 0 Å². The van der Waals surface area contributed by atoms with Crippen LogP contribution < -0.4 is 5.73 Å². The molecule has 1 aliphatic heterocycles. The number of rotatable bonds is 3. The van der Waals surface area contributed by atoms with Gasteiger partial charge in [0, 0.05) is 29.4 Å². The average molecular weight is 303 g/mol. The lowest BCUT2D eigenvalue weighted by molar-refractivity contribution is 0.310. The zero-order chi connectivity index (χ0) is 14.2. The number of likely N-dealkylation sites (tertiary alicyclic amines) is 1. The van der Waals surface area contributed by atoms with Gasteiger partial charge in [-0.15, -0.1) is 0 Å². The van der Waals surface area contributed by atoms with Crippen LogP contribution in [0.25, 0.3) is 0 Å². The quantitative estimate of drug-likeness (QED) is 0.923. The summed E-state index contributed by atoms with van der Waals surface area (Å²) in [7, 11) is -1.30. The van der Waals surface area contributed by atoms with Crippen LogP contribution in [-0.2, 0) is 9.84 Å². The molecule has 0 spiro atoms. The van der Waals surface area contributed by atoms with Crippen molar-refractivity contribution >= 4 is 21.4 Å². The van der Waals surface area contributed by atoms with Crippen molar-refractivity contribution in [3.8, 4) is 0 Å². The fraction of sp³-hybridized carbons (Fsp3) is 0.538. The SMILES string of the molecule is CN1CC(CN)CC1c1c(Cl)cccc1S(C)(=O)=O. The lowest BCUT2D eigenvalue weighted by Crippen LogP contribution is -2.21. The number of nitrogens with two attached hydrogens (primary N) is 1. The summed E-state index contributed by atoms with van der Waals surface area (Å²) in [5.74, 6) is 0.388. The minimum atomic E-state index is -3.28. The first-order valence-electron chi connectivity index (χ1n) is 6.23. The van der Waals surface area contributed by atoms with Crippen LogP contribution in [0.1, 0.15) is 18.0 Å². The Bertz CT molecular complexity index is 574. The fourth-order valence-electron chi connectivity index (χ4n) is 2.78. The molecule has 0 aromatic heterocycles. The van der Waals surface area contributed by atoms with Gasteiger partial charge in [-0.1, -0.05) is 17.7 Å². The lowest BCUT2D eigenvalue weighted by Gasteiger charge is -2.23. The van der Waals surface area contributed by atoms with Gasteiger partial charge in [-0.05, 0) is 38.1 Å². The van der Waals surface area contributed by atoms with Crippen molar-refractivity contribution in [1.82, 2.24) is 4.90 Å². The zero-order valence-corrected chi connectivity index (χ0v) is 12.7. The Hall–Kier alpha value is -0.620. The first-order chi connectivity index (χ1) is 8.84. The lowest BCUT2D eigenvalue weighted by atomic mass is 10.00. The highest BCUT2D eigenvalue weighted by Crippen LogP contribution is 2.40. The van der Waals surface area contributed by atoms with Gasteiger partial charge >= 0.3 is 0 Å². The third-order valence-electron chi connectivity index (χ3n) is 3.71. The first-order valence-corrected chi connectivity index (χ1v) is 8.50. The van der Waals surface area contributed by atoms with Gasteiger partial charge in [-0.25, -0.2) is 8.42 Å². The first kappa shape index (κ1) is 14.8. The van der Waals surface area contributed by atoms with E-state index in [2.05, 4.69) is 4.90 Å². The van der Waals surface area contributed by atoms with Gasteiger partial charge in [-0.3, -0.25) is 4.90 Å². The zero-order valence-electron chi connectivity index (χ0n) is 11.1. The molecular weight excluding hydrogens is 284 g/mol. The third-order valence-corrected chi connectivity index (χ3v) is 5.20. The van der Waals surface area contributed by atoms with Gasteiger partial charge < -0.3 is 5.73 Å². The van der Waals surface area contributed by atoms with Gasteiger partial charge in [0.15, 0.2) is 9.84 Å². The summed E-state index contributed by atoms with van der Waals surface area (Å²) >= 11 is 6.25. The van der Waals surface area contributed by atoms with Crippen molar-refractivity contribution in [3.63, 3.8) is 0 Å². The highest BCUT2D eigenvalue weighted by atomic mass is 35.5. The molecule has 2 unspecified atom stereocenters. The van der Waals surface area contributed by atoms with Crippen molar-refractivity contribution in [2.24, 2.45) is 11.7 Å². The summed E-state index contributed by atoms with van der Waals surface area (Å²) in [6, 6.07) is 5.07. The molecule has 2 N–H and O–H groups in total. The van der Waals surface area contributed by atoms with Crippen LogP contribution >= 0.6 is 11.6 Å². The second-order valence-corrected chi connectivity index (χ2v) is 7.61. The second kappa shape index (κ2) is 5.40. The molecule has 1 aromatic rings. The van der Waals surface area contributed by atoms with Crippen molar-refractivity contribution in [2.45, 2.75) is 17.4 Å². The molecule has 1 fully saturated rings. The maximum atomic E-state index is 11.9. The third kappa shape index (κ3) is 2.94. The van der Waals surface area contributed by atoms with Crippen molar-refractivity contribution < 1.29 is 8.42 Å². The number of benzene rings is 1. The number of nitrogens with zero attached hydrogens (tertiary/aromatic N) is 1. The summed E-state index contributed by atoms with van der Waals surface area (Å²) < 4.78 is 23.8. The Labute approximate surface area is 119 Å². The molecular formula is C13H19ClN2O2S. The van der Waals surface area contributed by atoms with Crippen LogP contribution in [0.15, 0.2) is 23.1 Å². The number of hydrogen-bond acceptors (Lipinski definition) is 4. The minimum absolute atomic E-state index is 0.0203. The monoisotopic (exact) mass is 302 g/mol. The molecule has 0 aliphatic carbocycles. The number of hydrogen-bond donors (Lipinski definition) is 1.